The predicted octanol–water partition coefficient (Wildman–Crippen LogP) is 3.48. The molecule has 0 saturated carbocycles. The SMILES string of the molecule is S=C(Nc1ccccc1)N1CCc2ccccc2CC1. The van der Waals surface area contributed by atoms with Gasteiger partial charge in [-0.2, -0.15) is 0 Å². The molecule has 102 valence electrons. The molecule has 0 bridgehead atoms. The van der Waals surface area contributed by atoms with Gasteiger partial charge in [-0.1, -0.05) is 42.5 Å². The van der Waals surface area contributed by atoms with Crippen molar-refractivity contribution >= 4 is 23.0 Å². The topological polar surface area (TPSA) is 15.3 Å². The van der Waals surface area contributed by atoms with Crippen LogP contribution in [0.1, 0.15) is 11.1 Å². The van der Waals surface area contributed by atoms with Gasteiger partial charge < -0.3 is 10.2 Å². The largest absolute Gasteiger partial charge is 0.348 e. The molecule has 0 aromatic heterocycles. The summed E-state index contributed by atoms with van der Waals surface area (Å²) in [6.07, 6.45) is 2.12. The fraction of sp³-hybridized carbons (Fsp3) is 0.235. The van der Waals surface area contributed by atoms with Crippen LogP contribution >= 0.6 is 12.2 Å². The van der Waals surface area contributed by atoms with Gasteiger partial charge in [-0.25, -0.2) is 0 Å². The second-order valence-corrected chi connectivity index (χ2v) is 5.44. The van der Waals surface area contributed by atoms with Crippen molar-refractivity contribution in [3.63, 3.8) is 0 Å². The zero-order valence-electron chi connectivity index (χ0n) is 11.4. The van der Waals surface area contributed by atoms with Gasteiger partial charge in [-0.15, -0.1) is 0 Å². The van der Waals surface area contributed by atoms with Crippen LogP contribution in [0.15, 0.2) is 54.6 Å². The summed E-state index contributed by atoms with van der Waals surface area (Å²) in [5.74, 6) is 0. The number of anilines is 1. The van der Waals surface area contributed by atoms with Gasteiger partial charge in [-0.3, -0.25) is 0 Å². The second-order valence-electron chi connectivity index (χ2n) is 5.05. The molecule has 1 aliphatic heterocycles. The van der Waals surface area contributed by atoms with E-state index in [2.05, 4.69) is 34.5 Å². The fourth-order valence-electron chi connectivity index (χ4n) is 2.60. The monoisotopic (exact) mass is 282 g/mol. The first-order valence-electron chi connectivity index (χ1n) is 7.01. The molecule has 0 radical (unpaired) electrons. The maximum absolute atomic E-state index is 5.54. The third-order valence-corrected chi connectivity index (χ3v) is 4.09. The van der Waals surface area contributed by atoms with E-state index in [1.54, 1.807) is 0 Å². The van der Waals surface area contributed by atoms with Crippen LogP contribution in [0.5, 0.6) is 0 Å². The molecule has 3 rings (SSSR count). The molecule has 0 spiro atoms. The van der Waals surface area contributed by atoms with Gasteiger partial charge in [0.15, 0.2) is 5.11 Å². The summed E-state index contributed by atoms with van der Waals surface area (Å²) in [6, 6.07) is 18.8. The second kappa shape index (κ2) is 6.06. The first-order valence-corrected chi connectivity index (χ1v) is 7.41. The van der Waals surface area contributed by atoms with Crippen LogP contribution in [-0.4, -0.2) is 23.1 Å². The molecular weight excluding hydrogens is 264 g/mol. The average molecular weight is 282 g/mol. The minimum atomic E-state index is 0.823. The van der Waals surface area contributed by atoms with Crippen molar-refractivity contribution in [3.05, 3.63) is 65.7 Å². The predicted molar refractivity (Wildman–Crippen MR) is 88.1 cm³/mol. The van der Waals surface area contributed by atoms with Gasteiger partial charge in [-0.05, 0) is 48.3 Å². The molecular formula is C17H18N2S. The lowest BCUT2D eigenvalue weighted by Crippen LogP contribution is -2.36. The van der Waals surface area contributed by atoms with E-state index in [9.17, 15) is 0 Å². The molecule has 1 N–H and O–H groups in total. The van der Waals surface area contributed by atoms with Crippen LogP contribution < -0.4 is 5.32 Å². The van der Waals surface area contributed by atoms with Crippen molar-refractivity contribution in [2.24, 2.45) is 0 Å². The molecule has 0 amide bonds. The summed E-state index contributed by atoms with van der Waals surface area (Å²) >= 11 is 5.54. The van der Waals surface area contributed by atoms with Crippen molar-refractivity contribution in [2.75, 3.05) is 18.4 Å². The lowest BCUT2D eigenvalue weighted by atomic mass is 10.0. The van der Waals surface area contributed by atoms with Gasteiger partial charge in [0, 0.05) is 18.8 Å². The highest BCUT2D eigenvalue weighted by Gasteiger charge is 2.15. The summed E-state index contributed by atoms with van der Waals surface area (Å²) in [7, 11) is 0. The standard InChI is InChI=1S/C17H18N2S/c20-17(18-16-8-2-1-3-9-16)19-12-10-14-6-4-5-7-15(14)11-13-19/h1-9H,10-13H2,(H,18,20). The number of hydrogen-bond donors (Lipinski definition) is 1. The van der Waals surface area contributed by atoms with Crippen LogP contribution in [0.3, 0.4) is 0 Å². The molecule has 0 saturated heterocycles. The Kier molecular flexibility index (Phi) is 3.97. The van der Waals surface area contributed by atoms with Crippen molar-refractivity contribution in [3.8, 4) is 0 Å². The number of nitrogens with zero attached hydrogens (tertiary/aromatic N) is 1. The van der Waals surface area contributed by atoms with E-state index in [1.807, 2.05) is 30.3 Å². The van der Waals surface area contributed by atoms with Crippen molar-refractivity contribution in [1.82, 2.24) is 4.90 Å². The van der Waals surface area contributed by atoms with Crippen LogP contribution in [0, 0.1) is 0 Å². The van der Waals surface area contributed by atoms with Gasteiger partial charge >= 0.3 is 0 Å². The summed E-state index contributed by atoms with van der Waals surface area (Å²) in [4.78, 5) is 2.27. The van der Waals surface area contributed by atoms with E-state index in [1.165, 1.54) is 11.1 Å². The summed E-state index contributed by atoms with van der Waals surface area (Å²) < 4.78 is 0. The molecule has 0 atom stereocenters. The summed E-state index contributed by atoms with van der Waals surface area (Å²) in [5.41, 5.74) is 3.97. The Morgan fingerprint density at radius 3 is 2.00 bits per heavy atom. The Morgan fingerprint density at radius 1 is 0.850 bits per heavy atom. The van der Waals surface area contributed by atoms with E-state index >= 15 is 0 Å². The highest BCUT2D eigenvalue weighted by molar-refractivity contribution is 7.80. The molecule has 0 aliphatic carbocycles. The van der Waals surface area contributed by atoms with Crippen molar-refractivity contribution < 1.29 is 0 Å². The summed E-state index contributed by atoms with van der Waals surface area (Å²) in [6.45, 7) is 1.96. The fourth-order valence-corrected chi connectivity index (χ4v) is 2.90. The highest BCUT2D eigenvalue weighted by Crippen LogP contribution is 2.16. The van der Waals surface area contributed by atoms with E-state index in [-0.39, 0.29) is 0 Å². The Morgan fingerprint density at radius 2 is 1.40 bits per heavy atom. The molecule has 1 aliphatic rings. The lowest BCUT2D eigenvalue weighted by molar-refractivity contribution is 0.445. The lowest BCUT2D eigenvalue weighted by Gasteiger charge is -2.23. The Balaban J connectivity index is 1.66. The number of rotatable bonds is 1. The van der Waals surface area contributed by atoms with E-state index in [4.69, 9.17) is 12.2 Å². The molecule has 2 aromatic carbocycles. The number of hydrogen-bond acceptors (Lipinski definition) is 1. The molecule has 0 unspecified atom stereocenters. The van der Waals surface area contributed by atoms with Crippen LogP contribution in [-0.2, 0) is 12.8 Å². The quantitative estimate of drug-likeness (QED) is 0.806. The molecule has 2 nitrogen and oxygen atoms in total. The zero-order chi connectivity index (χ0) is 13.8. The number of nitrogens with one attached hydrogen (secondary N) is 1. The number of thiocarbonyl (C=S) groups is 1. The van der Waals surface area contributed by atoms with Crippen LogP contribution in [0.2, 0.25) is 0 Å². The summed E-state index contributed by atoms with van der Waals surface area (Å²) in [5, 5.41) is 4.15. The van der Waals surface area contributed by atoms with E-state index in [0.717, 1.165) is 36.7 Å². The first kappa shape index (κ1) is 13.1. The number of para-hydroxylation sites is 1. The van der Waals surface area contributed by atoms with E-state index in [0.29, 0.717) is 0 Å². The Hall–Kier alpha value is -1.87. The zero-order valence-corrected chi connectivity index (χ0v) is 12.2. The smallest absolute Gasteiger partial charge is 0.173 e. The Bertz CT molecular complexity index is 568. The van der Waals surface area contributed by atoms with E-state index < -0.39 is 0 Å². The molecule has 0 fully saturated rings. The van der Waals surface area contributed by atoms with Crippen molar-refractivity contribution in [2.45, 2.75) is 12.8 Å². The molecule has 3 heteroatoms. The molecule has 1 heterocycles. The third-order valence-electron chi connectivity index (χ3n) is 3.73. The number of fused-ring (bicyclic) bond motifs is 1. The minimum Gasteiger partial charge on any atom is -0.348 e. The van der Waals surface area contributed by atoms with Gasteiger partial charge in [0.05, 0.1) is 0 Å². The normalized spacial score (nSPS) is 14.3. The highest BCUT2D eigenvalue weighted by atomic mass is 32.1. The maximum Gasteiger partial charge on any atom is 0.173 e. The molecule has 20 heavy (non-hydrogen) atoms. The van der Waals surface area contributed by atoms with Gasteiger partial charge in [0.2, 0.25) is 0 Å². The van der Waals surface area contributed by atoms with Crippen LogP contribution in [0.4, 0.5) is 5.69 Å². The van der Waals surface area contributed by atoms with Crippen molar-refractivity contribution in [1.29, 1.82) is 0 Å². The minimum absolute atomic E-state index is 0.823. The molecule has 2 aromatic rings. The third kappa shape index (κ3) is 2.99. The first-order chi connectivity index (χ1) is 9.83. The van der Waals surface area contributed by atoms with Gasteiger partial charge in [0.25, 0.3) is 0 Å². The number of benzene rings is 2. The average Bonchev–Trinajstić information content (AvgIpc) is 2.71. The van der Waals surface area contributed by atoms with Crippen LogP contribution in [0.25, 0.3) is 0 Å². The Labute approximate surface area is 125 Å². The maximum atomic E-state index is 5.54. The van der Waals surface area contributed by atoms with Gasteiger partial charge in [0.1, 0.15) is 0 Å².